The second-order valence-electron chi connectivity index (χ2n) is 4.75. The molecular formula is C15H16N4O5. The molecule has 0 aliphatic heterocycles. The summed E-state index contributed by atoms with van der Waals surface area (Å²) >= 11 is 0. The van der Waals surface area contributed by atoms with Crippen molar-refractivity contribution in [3.63, 3.8) is 0 Å². The highest BCUT2D eigenvalue weighted by Gasteiger charge is 2.31. The molecule has 0 aliphatic carbocycles. The van der Waals surface area contributed by atoms with Gasteiger partial charge in [-0.15, -0.1) is 5.10 Å². The Balaban J connectivity index is 2.33. The van der Waals surface area contributed by atoms with Crippen LogP contribution in [-0.2, 0) is 14.3 Å². The first kappa shape index (κ1) is 17.1. The van der Waals surface area contributed by atoms with Crippen molar-refractivity contribution in [1.82, 2.24) is 15.0 Å². The Kier molecular flexibility index (Phi) is 5.25. The monoisotopic (exact) mass is 332 g/mol. The number of ether oxygens (including phenoxy) is 2. The highest BCUT2D eigenvalue weighted by atomic mass is 16.5. The summed E-state index contributed by atoms with van der Waals surface area (Å²) in [6.07, 6.45) is 0. The molecule has 1 heterocycles. The maximum Gasteiger partial charge on any atom is 0.361 e. The summed E-state index contributed by atoms with van der Waals surface area (Å²) in [5.41, 5.74) is 0.0195. The Bertz CT molecular complexity index is 756. The number of hydrogen-bond acceptors (Lipinski definition) is 7. The number of hydrogen-bond donors (Lipinski definition) is 1. The normalized spacial score (nSPS) is 11.5. The molecule has 0 bridgehead atoms. The number of benzene rings is 1. The van der Waals surface area contributed by atoms with Gasteiger partial charge < -0.3 is 14.8 Å². The van der Waals surface area contributed by atoms with Crippen LogP contribution < -0.4 is 5.32 Å². The van der Waals surface area contributed by atoms with Gasteiger partial charge in [0, 0.05) is 5.69 Å². The van der Waals surface area contributed by atoms with Gasteiger partial charge in [-0.05, 0) is 19.1 Å². The van der Waals surface area contributed by atoms with Crippen molar-refractivity contribution < 1.29 is 23.9 Å². The first-order valence-electron chi connectivity index (χ1n) is 6.97. The molecule has 1 atom stereocenters. The molecule has 126 valence electrons. The van der Waals surface area contributed by atoms with Crippen LogP contribution in [0.5, 0.6) is 0 Å². The van der Waals surface area contributed by atoms with E-state index in [4.69, 9.17) is 0 Å². The molecule has 1 N–H and O–H groups in total. The molecule has 1 amide bonds. The Labute approximate surface area is 137 Å². The summed E-state index contributed by atoms with van der Waals surface area (Å²) in [4.78, 5) is 36.0. The maximum absolute atomic E-state index is 12.4. The smallest absolute Gasteiger partial charge is 0.361 e. The fourth-order valence-corrected chi connectivity index (χ4v) is 1.96. The van der Waals surface area contributed by atoms with E-state index in [1.807, 2.05) is 6.07 Å². The van der Waals surface area contributed by atoms with Crippen molar-refractivity contribution in [3.8, 4) is 0 Å². The zero-order chi connectivity index (χ0) is 17.7. The molecule has 1 aromatic heterocycles. The highest BCUT2D eigenvalue weighted by Crippen LogP contribution is 2.16. The number of amides is 1. The molecule has 1 unspecified atom stereocenters. The minimum absolute atomic E-state index is 0.250. The lowest BCUT2D eigenvalue weighted by Gasteiger charge is -2.14. The van der Waals surface area contributed by atoms with E-state index in [0.29, 0.717) is 5.69 Å². The number of nitrogens with zero attached hydrogens (tertiary/aromatic N) is 3. The molecule has 0 saturated heterocycles. The quantitative estimate of drug-likeness (QED) is 0.814. The molecule has 0 spiro atoms. The lowest BCUT2D eigenvalue weighted by Crippen LogP contribution is -2.28. The van der Waals surface area contributed by atoms with Gasteiger partial charge in [-0.25, -0.2) is 14.3 Å². The van der Waals surface area contributed by atoms with E-state index in [2.05, 4.69) is 25.1 Å². The second-order valence-corrected chi connectivity index (χ2v) is 4.75. The fraction of sp³-hybridized carbons (Fsp3) is 0.267. The van der Waals surface area contributed by atoms with Crippen LogP contribution in [-0.4, -0.2) is 47.1 Å². The molecule has 2 aromatic rings. The van der Waals surface area contributed by atoms with Crippen LogP contribution >= 0.6 is 0 Å². The van der Waals surface area contributed by atoms with Gasteiger partial charge in [-0.3, -0.25) is 4.79 Å². The first-order chi connectivity index (χ1) is 11.5. The van der Waals surface area contributed by atoms with Gasteiger partial charge in [0.25, 0.3) is 0 Å². The van der Waals surface area contributed by atoms with E-state index < -0.39 is 23.9 Å². The van der Waals surface area contributed by atoms with Gasteiger partial charge in [0.05, 0.1) is 14.2 Å². The van der Waals surface area contributed by atoms with Crippen molar-refractivity contribution in [1.29, 1.82) is 0 Å². The van der Waals surface area contributed by atoms with Gasteiger partial charge in [0.2, 0.25) is 11.6 Å². The fourth-order valence-electron chi connectivity index (χ4n) is 1.96. The third kappa shape index (κ3) is 3.40. The largest absolute Gasteiger partial charge is 0.464 e. The zero-order valence-electron chi connectivity index (χ0n) is 13.3. The third-order valence-electron chi connectivity index (χ3n) is 3.24. The lowest BCUT2D eigenvalue weighted by atomic mass is 10.2. The third-order valence-corrected chi connectivity index (χ3v) is 3.24. The number of nitrogens with one attached hydrogen (secondary N) is 1. The van der Waals surface area contributed by atoms with Gasteiger partial charge in [-0.2, -0.15) is 0 Å². The molecule has 0 fully saturated rings. The molecule has 0 saturated carbocycles. The Morgan fingerprint density at radius 3 is 2.29 bits per heavy atom. The number of aromatic nitrogens is 3. The van der Waals surface area contributed by atoms with Crippen LogP contribution in [0, 0.1) is 0 Å². The molecule has 0 radical (unpaired) electrons. The maximum atomic E-state index is 12.4. The van der Waals surface area contributed by atoms with Crippen LogP contribution in [0.4, 0.5) is 5.69 Å². The van der Waals surface area contributed by atoms with Crippen LogP contribution in [0.2, 0.25) is 0 Å². The van der Waals surface area contributed by atoms with Crippen LogP contribution in [0.3, 0.4) is 0 Å². The lowest BCUT2D eigenvalue weighted by molar-refractivity contribution is -0.119. The van der Waals surface area contributed by atoms with E-state index in [1.54, 1.807) is 24.3 Å². The number of esters is 2. The topological polar surface area (TPSA) is 112 Å². The van der Waals surface area contributed by atoms with Crippen molar-refractivity contribution in [3.05, 3.63) is 41.7 Å². The summed E-state index contributed by atoms with van der Waals surface area (Å²) < 4.78 is 10.2. The van der Waals surface area contributed by atoms with E-state index in [1.165, 1.54) is 6.92 Å². The Hall–Kier alpha value is -3.23. The van der Waals surface area contributed by atoms with Crippen molar-refractivity contribution in [2.45, 2.75) is 13.0 Å². The first-order valence-corrected chi connectivity index (χ1v) is 6.97. The zero-order valence-corrected chi connectivity index (χ0v) is 13.3. The number of rotatable bonds is 5. The molecule has 24 heavy (non-hydrogen) atoms. The second kappa shape index (κ2) is 7.36. The number of carbonyl (C=O) groups is 3. The van der Waals surface area contributed by atoms with Crippen molar-refractivity contribution in [2.24, 2.45) is 0 Å². The summed E-state index contributed by atoms with van der Waals surface area (Å²) in [7, 11) is 2.30. The van der Waals surface area contributed by atoms with E-state index in [0.717, 1.165) is 18.9 Å². The molecule has 2 rings (SSSR count). The Morgan fingerprint density at radius 2 is 1.71 bits per heavy atom. The molecule has 1 aromatic carbocycles. The van der Waals surface area contributed by atoms with E-state index in [9.17, 15) is 14.4 Å². The number of carbonyl (C=O) groups excluding carboxylic acids is 3. The summed E-state index contributed by atoms with van der Waals surface area (Å²) in [6.45, 7) is 1.51. The standard InChI is InChI=1S/C15H16N4O5/c1-9(13(20)16-10-7-5-4-6-8-10)19-12(15(22)24-3)11(17-18-19)14(21)23-2/h4-9H,1-3H3,(H,16,20). The SMILES string of the molecule is COC(=O)c1nnn(C(C)C(=O)Nc2ccccc2)c1C(=O)OC. The van der Waals surface area contributed by atoms with Crippen molar-refractivity contribution in [2.75, 3.05) is 19.5 Å². The van der Waals surface area contributed by atoms with Gasteiger partial charge in [0.15, 0.2) is 5.69 Å². The molecule has 9 nitrogen and oxygen atoms in total. The van der Waals surface area contributed by atoms with Gasteiger partial charge in [0.1, 0.15) is 6.04 Å². The van der Waals surface area contributed by atoms with Gasteiger partial charge in [-0.1, -0.05) is 23.4 Å². The van der Waals surface area contributed by atoms with Crippen LogP contribution in [0.1, 0.15) is 33.9 Å². The summed E-state index contributed by atoms with van der Waals surface area (Å²) in [5, 5.41) is 10.0. The molecule has 9 heteroatoms. The van der Waals surface area contributed by atoms with E-state index in [-0.39, 0.29) is 11.4 Å². The van der Waals surface area contributed by atoms with Crippen LogP contribution in [0.25, 0.3) is 0 Å². The minimum atomic E-state index is -0.912. The van der Waals surface area contributed by atoms with Crippen LogP contribution in [0.15, 0.2) is 30.3 Å². The minimum Gasteiger partial charge on any atom is -0.464 e. The van der Waals surface area contributed by atoms with Crippen molar-refractivity contribution >= 4 is 23.5 Å². The predicted molar refractivity (Wildman–Crippen MR) is 82.5 cm³/mol. The molecular weight excluding hydrogens is 316 g/mol. The van der Waals surface area contributed by atoms with E-state index >= 15 is 0 Å². The highest BCUT2D eigenvalue weighted by molar-refractivity contribution is 6.01. The average Bonchev–Trinajstić information content (AvgIpc) is 3.05. The van der Waals surface area contributed by atoms with Gasteiger partial charge >= 0.3 is 11.9 Å². The number of para-hydroxylation sites is 1. The molecule has 0 aliphatic rings. The summed E-state index contributed by atoms with van der Waals surface area (Å²) in [6, 6.07) is 7.87. The summed E-state index contributed by atoms with van der Waals surface area (Å²) in [5.74, 6) is -2.13. The average molecular weight is 332 g/mol. The Morgan fingerprint density at radius 1 is 1.08 bits per heavy atom. The number of anilines is 1. The number of methoxy groups -OCH3 is 2. The predicted octanol–water partition coefficient (Wildman–Crippen LogP) is 1.05.